The number of nitrogens with one attached hydrogen (secondary N) is 1. The first-order valence-electron chi connectivity index (χ1n) is 6.53. The monoisotopic (exact) mass is 315 g/mol. The molecule has 2 aromatic rings. The summed E-state index contributed by atoms with van der Waals surface area (Å²) < 4.78 is 29.3. The molecule has 1 aromatic heterocycles. The highest BCUT2D eigenvalue weighted by Crippen LogP contribution is 2.19. The van der Waals surface area contributed by atoms with Gasteiger partial charge in [0, 0.05) is 43.8 Å². The summed E-state index contributed by atoms with van der Waals surface area (Å²) in [6, 6.07) is 2.20. The van der Waals surface area contributed by atoms with Gasteiger partial charge in [-0.3, -0.25) is 4.90 Å². The highest BCUT2D eigenvalue weighted by atomic mass is 32.2. The number of benzene rings is 1. The predicted octanol–water partition coefficient (Wildman–Crippen LogP) is 3.03. The second-order valence-electron chi connectivity index (χ2n) is 4.82. The van der Waals surface area contributed by atoms with E-state index in [0.29, 0.717) is 16.8 Å². The number of aromatic amines is 1. The summed E-state index contributed by atoms with van der Waals surface area (Å²) in [4.78, 5) is 5.18. The van der Waals surface area contributed by atoms with Crippen LogP contribution in [0, 0.1) is 16.4 Å². The van der Waals surface area contributed by atoms with Gasteiger partial charge in [0.05, 0.1) is 5.52 Å². The van der Waals surface area contributed by atoms with Crippen LogP contribution in [0.15, 0.2) is 12.1 Å². The molecule has 0 unspecified atom stereocenters. The highest BCUT2D eigenvalue weighted by molar-refractivity contribution is 7.99. The minimum atomic E-state index is -0.598. The smallest absolute Gasteiger partial charge is 0.178 e. The molecule has 1 saturated heterocycles. The Kier molecular flexibility index (Phi) is 4.09. The zero-order chi connectivity index (χ0) is 14.1. The third kappa shape index (κ3) is 2.75. The molecule has 3 rings (SSSR count). The lowest BCUT2D eigenvalue weighted by atomic mass is 10.3. The minimum absolute atomic E-state index is 0.283. The van der Waals surface area contributed by atoms with Gasteiger partial charge in [-0.2, -0.15) is 11.8 Å². The quantitative estimate of drug-likeness (QED) is 0.881. The van der Waals surface area contributed by atoms with Crippen molar-refractivity contribution >= 4 is 35.0 Å². The van der Waals surface area contributed by atoms with Crippen LogP contribution >= 0.6 is 24.0 Å². The van der Waals surface area contributed by atoms with E-state index < -0.39 is 11.6 Å². The van der Waals surface area contributed by atoms with E-state index in [1.165, 1.54) is 6.07 Å². The lowest BCUT2D eigenvalue weighted by Crippen LogP contribution is -2.35. The summed E-state index contributed by atoms with van der Waals surface area (Å²) in [7, 11) is 0. The van der Waals surface area contributed by atoms with Crippen LogP contribution in [-0.2, 0) is 6.54 Å². The van der Waals surface area contributed by atoms with E-state index in [0.717, 1.165) is 37.2 Å². The third-order valence-electron chi connectivity index (χ3n) is 3.55. The number of H-pyrrole nitrogens is 1. The average molecular weight is 315 g/mol. The van der Waals surface area contributed by atoms with Gasteiger partial charge < -0.3 is 9.55 Å². The van der Waals surface area contributed by atoms with Crippen molar-refractivity contribution in [2.75, 3.05) is 31.1 Å². The fourth-order valence-electron chi connectivity index (χ4n) is 2.47. The third-order valence-corrected chi connectivity index (χ3v) is 4.81. The molecule has 0 amide bonds. The number of fused-ring (bicyclic) bond motifs is 1. The molecule has 1 fully saturated rings. The minimum Gasteiger partial charge on any atom is -0.328 e. The van der Waals surface area contributed by atoms with Crippen LogP contribution in [0.3, 0.4) is 0 Å². The standard InChI is InChI=1S/C13H15F2N3S2/c14-9-7-10(15)12-11(8-9)18(13(19)16-12)2-1-17-3-5-20-6-4-17/h7-8H,1-6H2,(H,16,19). The number of rotatable bonds is 3. The number of aromatic nitrogens is 2. The number of hydrogen-bond donors (Lipinski definition) is 1. The van der Waals surface area contributed by atoms with Gasteiger partial charge in [-0.15, -0.1) is 0 Å². The van der Waals surface area contributed by atoms with Crippen LogP contribution in [0.5, 0.6) is 0 Å². The van der Waals surface area contributed by atoms with Gasteiger partial charge >= 0.3 is 0 Å². The topological polar surface area (TPSA) is 24.0 Å². The molecule has 3 nitrogen and oxygen atoms in total. The summed E-state index contributed by atoms with van der Waals surface area (Å²) in [5.74, 6) is 1.11. The number of halogens is 2. The summed E-state index contributed by atoms with van der Waals surface area (Å²) in [6.45, 7) is 3.61. The van der Waals surface area contributed by atoms with Crippen molar-refractivity contribution in [2.45, 2.75) is 6.54 Å². The van der Waals surface area contributed by atoms with Crippen molar-refractivity contribution in [3.8, 4) is 0 Å². The van der Waals surface area contributed by atoms with E-state index in [4.69, 9.17) is 12.2 Å². The first-order valence-corrected chi connectivity index (χ1v) is 8.09. The molecular formula is C13H15F2N3S2. The molecule has 108 valence electrons. The van der Waals surface area contributed by atoms with E-state index in [-0.39, 0.29) is 5.52 Å². The Morgan fingerprint density at radius 1 is 1.20 bits per heavy atom. The van der Waals surface area contributed by atoms with Crippen molar-refractivity contribution in [3.63, 3.8) is 0 Å². The molecule has 1 aromatic carbocycles. The predicted molar refractivity (Wildman–Crippen MR) is 80.8 cm³/mol. The molecule has 20 heavy (non-hydrogen) atoms. The van der Waals surface area contributed by atoms with Crippen molar-refractivity contribution in [3.05, 3.63) is 28.5 Å². The van der Waals surface area contributed by atoms with Gasteiger partial charge in [-0.05, 0) is 18.3 Å². The first kappa shape index (κ1) is 14.0. The van der Waals surface area contributed by atoms with E-state index in [1.54, 1.807) is 4.57 Å². The molecule has 0 saturated carbocycles. The largest absolute Gasteiger partial charge is 0.328 e. The Bertz CT molecular complexity index is 674. The lowest BCUT2D eigenvalue weighted by Gasteiger charge is -2.26. The SMILES string of the molecule is Fc1cc(F)c2[nH]c(=S)n(CCN3CCSCC3)c2c1. The second-order valence-corrected chi connectivity index (χ2v) is 6.43. The molecular weight excluding hydrogens is 300 g/mol. The van der Waals surface area contributed by atoms with Gasteiger partial charge in [0.15, 0.2) is 10.6 Å². The molecule has 1 aliphatic heterocycles. The Balaban J connectivity index is 1.87. The van der Waals surface area contributed by atoms with Crippen LogP contribution in [0.25, 0.3) is 11.0 Å². The molecule has 1 N–H and O–H groups in total. The maximum Gasteiger partial charge on any atom is 0.178 e. The molecule has 0 spiro atoms. The van der Waals surface area contributed by atoms with Gasteiger partial charge in [-0.1, -0.05) is 0 Å². The van der Waals surface area contributed by atoms with Gasteiger partial charge in [0.1, 0.15) is 11.3 Å². The molecule has 0 atom stereocenters. The fourth-order valence-corrected chi connectivity index (χ4v) is 3.74. The van der Waals surface area contributed by atoms with Gasteiger partial charge in [0.25, 0.3) is 0 Å². The van der Waals surface area contributed by atoms with E-state index >= 15 is 0 Å². The summed E-state index contributed by atoms with van der Waals surface area (Å²) in [6.07, 6.45) is 0. The summed E-state index contributed by atoms with van der Waals surface area (Å²) in [5, 5.41) is 0. The number of imidazole rings is 1. The lowest BCUT2D eigenvalue weighted by molar-refractivity contribution is 0.290. The molecule has 0 radical (unpaired) electrons. The summed E-state index contributed by atoms with van der Waals surface area (Å²) in [5.41, 5.74) is 0.782. The fraction of sp³-hybridized carbons (Fsp3) is 0.462. The number of nitrogens with zero attached hydrogens (tertiary/aromatic N) is 2. The zero-order valence-electron chi connectivity index (χ0n) is 10.9. The summed E-state index contributed by atoms with van der Waals surface area (Å²) >= 11 is 7.18. The van der Waals surface area contributed by atoms with Crippen LogP contribution in [0.4, 0.5) is 8.78 Å². The van der Waals surface area contributed by atoms with E-state index in [2.05, 4.69) is 9.88 Å². The van der Waals surface area contributed by atoms with E-state index in [9.17, 15) is 8.78 Å². The van der Waals surface area contributed by atoms with Crippen molar-refractivity contribution in [1.29, 1.82) is 0 Å². The normalized spacial score (nSPS) is 16.9. The van der Waals surface area contributed by atoms with Crippen molar-refractivity contribution < 1.29 is 8.78 Å². The first-order chi connectivity index (χ1) is 9.65. The Morgan fingerprint density at radius 2 is 1.95 bits per heavy atom. The van der Waals surface area contributed by atoms with E-state index in [1.807, 2.05) is 11.8 Å². The zero-order valence-corrected chi connectivity index (χ0v) is 12.5. The Labute approximate surface area is 125 Å². The average Bonchev–Trinajstić information content (AvgIpc) is 2.74. The molecule has 1 aliphatic rings. The molecule has 7 heteroatoms. The van der Waals surface area contributed by atoms with Crippen LogP contribution < -0.4 is 0 Å². The molecule has 0 bridgehead atoms. The van der Waals surface area contributed by atoms with Crippen LogP contribution in [-0.4, -0.2) is 45.6 Å². The van der Waals surface area contributed by atoms with Crippen molar-refractivity contribution in [1.82, 2.24) is 14.5 Å². The van der Waals surface area contributed by atoms with Gasteiger partial charge in [-0.25, -0.2) is 8.78 Å². The Hall–Kier alpha value is -0.920. The molecule has 2 heterocycles. The Morgan fingerprint density at radius 3 is 2.70 bits per heavy atom. The maximum absolute atomic E-state index is 13.7. The van der Waals surface area contributed by atoms with Crippen LogP contribution in [0.2, 0.25) is 0 Å². The van der Waals surface area contributed by atoms with Crippen molar-refractivity contribution in [2.24, 2.45) is 0 Å². The second kappa shape index (κ2) is 5.83. The van der Waals surface area contributed by atoms with Gasteiger partial charge in [0.2, 0.25) is 0 Å². The maximum atomic E-state index is 13.7. The number of hydrogen-bond acceptors (Lipinski definition) is 3. The highest BCUT2D eigenvalue weighted by Gasteiger charge is 2.13. The van der Waals surface area contributed by atoms with Crippen LogP contribution in [0.1, 0.15) is 0 Å². The number of thioether (sulfide) groups is 1. The molecule has 0 aliphatic carbocycles.